The van der Waals surface area contributed by atoms with Crippen LogP contribution in [0.5, 0.6) is 5.75 Å². The Hall–Kier alpha value is -3.02. The number of nitrogens with one attached hydrogen (secondary N) is 1. The van der Waals surface area contributed by atoms with E-state index in [0.29, 0.717) is 18.0 Å². The van der Waals surface area contributed by atoms with E-state index in [-0.39, 0.29) is 18.4 Å². The molecule has 6 nitrogen and oxygen atoms in total. The summed E-state index contributed by atoms with van der Waals surface area (Å²) in [7, 11) is 4.01. The van der Waals surface area contributed by atoms with Gasteiger partial charge in [-0.25, -0.2) is 0 Å². The molecule has 0 saturated carbocycles. The van der Waals surface area contributed by atoms with Gasteiger partial charge in [-0.15, -0.1) is 0 Å². The molecule has 0 spiro atoms. The summed E-state index contributed by atoms with van der Waals surface area (Å²) in [4.78, 5) is 28.7. The molecule has 1 atom stereocenters. The predicted molar refractivity (Wildman–Crippen MR) is 111 cm³/mol. The normalized spacial score (nSPS) is 14.1. The highest BCUT2D eigenvalue weighted by atomic mass is 16.5. The minimum atomic E-state index is -0.604. The van der Waals surface area contributed by atoms with Gasteiger partial charge in [0.25, 0.3) is 5.91 Å². The van der Waals surface area contributed by atoms with Gasteiger partial charge in [0.1, 0.15) is 11.8 Å². The predicted octanol–water partition coefficient (Wildman–Crippen LogP) is 2.53. The second kappa shape index (κ2) is 8.33. The summed E-state index contributed by atoms with van der Waals surface area (Å²) in [6.07, 6.45) is 0.735. The molecule has 1 heterocycles. The summed E-state index contributed by atoms with van der Waals surface area (Å²) >= 11 is 0. The lowest BCUT2D eigenvalue weighted by Crippen LogP contribution is -2.51. The fourth-order valence-electron chi connectivity index (χ4n) is 3.26. The number of fused-ring (bicyclic) bond motifs is 1. The molecule has 1 aliphatic heterocycles. The van der Waals surface area contributed by atoms with Gasteiger partial charge in [0.15, 0.2) is 6.61 Å². The monoisotopic (exact) mass is 381 g/mol. The van der Waals surface area contributed by atoms with Crippen molar-refractivity contribution >= 4 is 23.2 Å². The van der Waals surface area contributed by atoms with Crippen molar-refractivity contribution in [1.82, 2.24) is 5.32 Å². The van der Waals surface area contributed by atoms with Gasteiger partial charge in [-0.2, -0.15) is 0 Å². The van der Waals surface area contributed by atoms with Crippen LogP contribution in [0, 0.1) is 6.92 Å². The van der Waals surface area contributed by atoms with Crippen molar-refractivity contribution in [3.8, 4) is 5.75 Å². The highest BCUT2D eigenvalue weighted by Gasteiger charge is 2.32. The second-order valence-electron chi connectivity index (χ2n) is 7.30. The zero-order valence-corrected chi connectivity index (χ0v) is 16.9. The maximum absolute atomic E-state index is 12.7. The van der Waals surface area contributed by atoms with Crippen molar-refractivity contribution in [2.45, 2.75) is 26.3 Å². The third kappa shape index (κ3) is 4.27. The Morgan fingerprint density at radius 3 is 2.61 bits per heavy atom. The van der Waals surface area contributed by atoms with Crippen molar-refractivity contribution in [2.75, 3.05) is 37.0 Å². The molecule has 3 rings (SSSR count). The number of amides is 2. The third-order valence-electron chi connectivity index (χ3n) is 4.93. The summed E-state index contributed by atoms with van der Waals surface area (Å²) in [5.74, 6) is 0.249. The summed E-state index contributed by atoms with van der Waals surface area (Å²) in [5.41, 5.74) is 3.96. The number of hydrogen-bond acceptors (Lipinski definition) is 4. The lowest BCUT2D eigenvalue weighted by Gasteiger charge is -2.33. The fourth-order valence-corrected chi connectivity index (χ4v) is 3.26. The molecule has 1 unspecified atom stereocenters. The van der Waals surface area contributed by atoms with Crippen molar-refractivity contribution < 1.29 is 14.3 Å². The van der Waals surface area contributed by atoms with Gasteiger partial charge in [-0.1, -0.05) is 18.2 Å². The van der Waals surface area contributed by atoms with Gasteiger partial charge in [0.05, 0.1) is 5.69 Å². The van der Waals surface area contributed by atoms with Gasteiger partial charge in [-0.05, 0) is 55.7 Å². The van der Waals surface area contributed by atoms with Crippen LogP contribution in [0.3, 0.4) is 0 Å². The Balaban J connectivity index is 1.62. The summed E-state index contributed by atoms with van der Waals surface area (Å²) in [6.45, 7) is 4.16. The molecule has 1 N–H and O–H groups in total. The molecule has 2 amide bonds. The lowest BCUT2D eigenvalue weighted by molar-refractivity contribution is -0.127. The third-order valence-corrected chi connectivity index (χ3v) is 4.93. The number of carbonyl (C=O) groups is 2. The number of anilines is 2. The van der Waals surface area contributed by atoms with E-state index in [1.165, 1.54) is 4.90 Å². The molecule has 0 aromatic heterocycles. The van der Waals surface area contributed by atoms with Gasteiger partial charge in [0, 0.05) is 26.3 Å². The van der Waals surface area contributed by atoms with E-state index in [1.54, 1.807) is 6.92 Å². The van der Waals surface area contributed by atoms with Crippen LogP contribution in [0.25, 0.3) is 0 Å². The van der Waals surface area contributed by atoms with Crippen LogP contribution in [0.2, 0.25) is 0 Å². The van der Waals surface area contributed by atoms with E-state index >= 15 is 0 Å². The number of rotatable bonds is 6. The number of carbonyl (C=O) groups excluding carboxylic acids is 2. The molecule has 0 bridgehead atoms. The Bertz CT molecular complexity index is 862. The Morgan fingerprint density at radius 1 is 1.21 bits per heavy atom. The van der Waals surface area contributed by atoms with Crippen LogP contribution >= 0.6 is 0 Å². The van der Waals surface area contributed by atoms with Crippen LogP contribution in [0.1, 0.15) is 18.1 Å². The van der Waals surface area contributed by atoms with Gasteiger partial charge in [0.2, 0.25) is 5.91 Å². The van der Waals surface area contributed by atoms with Crippen molar-refractivity contribution in [1.29, 1.82) is 0 Å². The zero-order chi connectivity index (χ0) is 20.3. The highest BCUT2D eigenvalue weighted by Crippen LogP contribution is 2.34. The van der Waals surface area contributed by atoms with Crippen molar-refractivity contribution in [3.63, 3.8) is 0 Å². The summed E-state index contributed by atoms with van der Waals surface area (Å²) < 4.78 is 5.49. The summed E-state index contributed by atoms with van der Waals surface area (Å²) in [6, 6.07) is 13.3. The molecule has 0 saturated heterocycles. The molecule has 148 valence electrons. The Labute approximate surface area is 166 Å². The standard InChI is InChI=1S/C22H27N3O3/c1-15-5-10-20-19(13-15)25(21(26)14-28-20)16(2)22(27)23-12-11-17-6-8-18(9-7-17)24(3)4/h5-10,13,16H,11-12,14H2,1-4H3,(H,23,27). The zero-order valence-electron chi connectivity index (χ0n) is 16.9. The smallest absolute Gasteiger partial charge is 0.265 e. The van der Waals surface area contributed by atoms with Gasteiger partial charge >= 0.3 is 0 Å². The van der Waals surface area contributed by atoms with Crippen molar-refractivity contribution in [3.05, 3.63) is 53.6 Å². The van der Waals surface area contributed by atoms with Crippen LogP contribution in [-0.4, -0.2) is 45.1 Å². The van der Waals surface area contributed by atoms with Crippen LogP contribution < -0.4 is 19.9 Å². The van der Waals surface area contributed by atoms with E-state index in [2.05, 4.69) is 29.6 Å². The molecule has 6 heteroatoms. The van der Waals surface area contributed by atoms with Crippen molar-refractivity contribution in [2.24, 2.45) is 0 Å². The molecule has 1 aliphatic rings. The Morgan fingerprint density at radius 2 is 1.93 bits per heavy atom. The SMILES string of the molecule is Cc1ccc2c(c1)N(C(C)C(=O)NCCc1ccc(N(C)C)cc1)C(=O)CO2. The molecular weight excluding hydrogens is 354 g/mol. The molecule has 0 aliphatic carbocycles. The molecule has 2 aromatic carbocycles. The maximum atomic E-state index is 12.7. The lowest BCUT2D eigenvalue weighted by atomic mass is 10.1. The number of hydrogen-bond donors (Lipinski definition) is 1. The number of benzene rings is 2. The molecule has 2 aromatic rings. The highest BCUT2D eigenvalue weighted by molar-refractivity contribution is 6.03. The molecule has 28 heavy (non-hydrogen) atoms. The first-order valence-electron chi connectivity index (χ1n) is 9.46. The van der Waals surface area contributed by atoms with E-state index < -0.39 is 6.04 Å². The largest absolute Gasteiger partial charge is 0.482 e. The van der Waals surface area contributed by atoms with Crippen LogP contribution in [0.4, 0.5) is 11.4 Å². The van der Waals surface area contributed by atoms with Gasteiger partial charge in [-0.3, -0.25) is 14.5 Å². The first kappa shape index (κ1) is 19.7. The number of nitrogens with zero attached hydrogens (tertiary/aromatic N) is 2. The first-order valence-corrected chi connectivity index (χ1v) is 9.46. The molecule has 0 fully saturated rings. The van der Waals surface area contributed by atoms with E-state index in [0.717, 1.165) is 23.2 Å². The number of aryl methyl sites for hydroxylation is 1. The van der Waals surface area contributed by atoms with Crippen LogP contribution in [0.15, 0.2) is 42.5 Å². The van der Waals surface area contributed by atoms with E-state index in [4.69, 9.17) is 4.74 Å². The van der Waals surface area contributed by atoms with E-state index in [1.807, 2.05) is 44.1 Å². The van der Waals surface area contributed by atoms with E-state index in [9.17, 15) is 9.59 Å². The molecule has 0 radical (unpaired) electrons. The topological polar surface area (TPSA) is 61.9 Å². The van der Waals surface area contributed by atoms with Crippen LogP contribution in [-0.2, 0) is 16.0 Å². The average Bonchev–Trinajstić information content (AvgIpc) is 2.67. The number of ether oxygens (including phenoxy) is 1. The second-order valence-corrected chi connectivity index (χ2v) is 7.30. The molecular formula is C22H27N3O3. The summed E-state index contributed by atoms with van der Waals surface area (Å²) in [5, 5.41) is 2.95. The Kier molecular flexibility index (Phi) is 5.87. The average molecular weight is 381 g/mol. The maximum Gasteiger partial charge on any atom is 0.265 e. The quantitative estimate of drug-likeness (QED) is 0.835. The minimum absolute atomic E-state index is 0.0497. The van der Waals surface area contributed by atoms with Gasteiger partial charge < -0.3 is 15.0 Å². The first-order chi connectivity index (χ1) is 13.4. The minimum Gasteiger partial charge on any atom is -0.482 e. The fraction of sp³-hybridized carbons (Fsp3) is 0.364.